The molecule has 0 saturated heterocycles. The summed E-state index contributed by atoms with van der Waals surface area (Å²) in [7, 11) is 1.81. The summed E-state index contributed by atoms with van der Waals surface area (Å²) in [5.41, 5.74) is 4.58. The van der Waals surface area contributed by atoms with Crippen LogP contribution in [0.15, 0.2) is 78.9 Å². The van der Waals surface area contributed by atoms with Crippen molar-refractivity contribution in [1.29, 1.82) is 0 Å². The molecule has 0 bridgehead atoms. The van der Waals surface area contributed by atoms with Crippen LogP contribution < -0.4 is 5.32 Å². The molecule has 30 heavy (non-hydrogen) atoms. The summed E-state index contributed by atoms with van der Waals surface area (Å²) < 4.78 is 0. The van der Waals surface area contributed by atoms with E-state index in [4.69, 9.17) is 0 Å². The number of benzene rings is 3. The van der Waals surface area contributed by atoms with Gasteiger partial charge in [-0.3, -0.25) is 9.59 Å². The molecular weight excluding hydrogens is 372 g/mol. The van der Waals surface area contributed by atoms with Crippen LogP contribution in [0.2, 0.25) is 0 Å². The second kappa shape index (κ2) is 8.95. The van der Waals surface area contributed by atoms with E-state index in [1.165, 1.54) is 5.56 Å². The summed E-state index contributed by atoms with van der Waals surface area (Å²) >= 11 is 0. The molecule has 152 valence electrons. The molecular formula is C26H26N2O2. The van der Waals surface area contributed by atoms with Gasteiger partial charge in [0, 0.05) is 30.8 Å². The predicted octanol–water partition coefficient (Wildman–Crippen LogP) is 4.44. The first kappa shape index (κ1) is 19.9. The van der Waals surface area contributed by atoms with Gasteiger partial charge in [-0.2, -0.15) is 0 Å². The third-order valence-electron chi connectivity index (χ3n) is 5.38. The summed E-state index contributed by atoms with van der Waals surface area (Å²) in [6.45, 7) is 0.489. The maximum Gasteiger partial charge on any atom is 0.254 e. The van der Waals surface area contributed by atoms with E-state index in [0.29, 0.717) is 18.2 Å². The molecule has 4 rings (SSSR count). The molecule has 1 fully saturated rings. The van der Waals surface area contributed by atoms with Crippen molar-refractivity contribution in [2.45, 2.75) is 31.8 Å². The van der Waals surface area contributed by atoms with Gasteiger partial charge in [0.2, 0.25) is 0 Å². The Morgan fingerprint density at radius 3 is 2.23 bits per heavy atom. The highest BCUT2D eigenvalue weighted by Crippen LogP contribution is 2.20. The van der Waals surface area contributed by atoms with Gasteiger partial charge in [-0.25, -0.2) is 0 Å². The number of carbonyl (C=O) groups is 2. The number of hydrogen-bond acceptors (Lipinski definition) is 2. The predicted molar refractivity (Wildman–Crippen MR) is 118 cm³/mol. The highest BCUT2D eigenvalue weighted by atomic mass is 16.2. The fraction of sp³-hybridized carbons (Fsp3) is 0.231. The molecule has 1 aliphatic carbocycles. The third-order valence-corrected chi connectivity index (χ3v) is 5.38. The van der Waals surface area contributed by atoms with Gasteiger partial charge in [0.25, 0.3) is 11.8 Å². The van der Waals surface area contributed by atoms with Gasteiger partial charge in [0.15, 0.2) is 0 Å². The molecule has 0 spiro atoms. The Hall–Kier alpha value is -3.40. The normalized spacial score (nSPS) is 13.0. The highest BCUT2D eigenvalue weighted by molar-refractivity contribution is 5.96. The van der Waals surface area contributed by atoms with Crippen molar-refractivity contribution < 1.29 is 9.59 Å². The number of carbonyl (C=O) groups excluding carboxylic acids is 2. The first-order chi connectivity index (χ1) is 14.6. The second-order valence-electron chi connectivity index (χ2n) is 7.93. The molecule has 3 aromatic rings. The first-order valence-electron chi connectivity index (χ1n) is 10.4. The lowest BCUT2D eigenvalue weighted by Crippen LogP contribution is -2.27. The second-order valence-corrected chi connectivity index (χ2v) is 7.93. The third kappa shape index (κ3) is 4.95. The zero-order valence-electron chi connectivity index (χ0n) is 17.2. The van der Waals surface area contributed by atoms with E-state index in [1.807, 2.05) is 73.8 Å². The van der Waals surface area contributed by atoms with Gasteiger partial charge < -0.3 is 10.2 Å². The first-order valence-corrected chi connectivity index (χ1v) is 10.4. The standard InChI is InChI=1S/C26H26N2O2/c1-28(18-20-11-13-21(14-12-20)25(29)27-23-15-16-23)26(30)24-10-6-5-9-22(24)17-19-7-3-2-4-8-19/h2-14,23H,15-18H2,1H3,(H,27,29). The monoisotopic (exact) mass is 398 g/mol. The maximum atomic E-state index is 13.1. The Morgan fingerprint density at radius 2 is 1.53 bits per heavy atom. The number of nitrogens with one attached hydrogen (secondary N) is 1. The number of nitrogens with zero attached hydrogens (tertiary/aromatic N) is 1. The topological polar surface area (TPSA) is 49.4 Å². The van der Waals surface area contributed by atoms with Crippen LogP contribution in [-0.2, 0) is 13.0 Å². The van der Waals surface area contributed by atoms with E-state index in [9.17, 15) is 9.59 Å². The maximum absolute atomic E-state index is 13.1. The average Bonchev–Trinajstić information content (AvgIpc) is 3.59. The summed E-state index contributed by atoms with van der Waals surface area (Å²) in [6, 6.07) is 25.8. The van der Waals surface area contributed by atoms with Crippen LogP contribution in [0.1, 0.15) is 50.2 Å². The van der Waals surface area contributed by atoms with Crippen LogP contribution in [0, 0.1) is 0 Å². The van der Waals surface area contributed by atoms with Gasteiger partial charge in [-0.15, -0.1) is 0 Å². The van der Waals surface area contributed by atoms with Crippen molar-refractivity contribution in [3.63, 3.8) is 0 Å². The minimum absolute atomic E-state index is 0.00270. The Morgan fingerprint density at radius 1 is 0.867 bits per heavy atom. The number of amides is 2. The van der Waals surface area contributed by atoms with Crippen molar-refractivity contribution in [2.24, 2.45) is 0 Å². The molecule has 0 aliphatic heterocycles. The molecule has 0 heterocycles. The van der Waals surface area contributed by atoms with Crippen LogP contribution in [0.25, 0.3) is 0 Å². The minimum Gasteiger partial charge on any atom is -0.349 e. The Bertz CT molecular complexity index is 1020. The van der Waals surface area contributed by atoms with Crippen LogP contribution >= 0.6 is 0 Å². The van der Waals surface area contributed by atoms with E-state index in [1.54, 1.807) is 4.90 Å². The zero-order chi connectivity index (χ0) is 20.9. The summed E-state index contributed by atoms with van der Waals surface area (Å²) in [6.07, 6.45) is 2.87. The number of rotatable bonds is 7. The van der Waals surface area contributed by atoms with Gasteiger partial charge in [0.05, 0.1) is 0 Å². The SMILES string of the molecule is CN(Cc1ccc(C(=O)NC2CC2)cc1)C(=O)c1ccccc1Cc1ccccc1. The molecule has 1 saturated carbocycles. The Kier molecular flexibility index (Phi) is 5.94. The zero-order valence-corrected chi connectivity index (χ0v) is 17.2. The fourth-order valence-electron chi connectivity index (χ4n) is 3.51. The summed E-state index contributed by atoms with van der Waals surface area (Å²) in [5, 5.41) is 2.99. The van der Waals surface area contributed by atoms with Crippen molar-refractivity contribution in [1.82, 2.24) is 10.2 Å². The van der Waals surface area contributed by atoms with E-state index >= 15 is 0 Å². The summed E-state index contributed by atoms with van der Waals surface area (Å²) in [5.74, 6) is -0.0274. The average molecular weight is 399 g/mol. The lowest BCUT2D eigenvalue weighted by Gasteiger charge is -2.19. The Labute approximate surface area is 177 Å². The van der Waals surface area contributed by atoms with Crippen molar-refractivity contribution in [3.05, 3.63) is 107 Å². The molecule has 2 amide bonds. The fourth-order valence-corrected chi connectivity index (χ4v) is 3.51. The van der Waals surface area contributed by atoms with E-state index < -0.39 is 0 Å². The van der Waals surface area contributed by atoms with Crippen LogP contribution in [0.4, 0.5) is 0 Å². The van der Waals surface area contributed by atoms with E-state index in [0.717, 1.165) is 36.0 Å². The molecule has 0 atom stereocenters. The van der Waals surface area contributed by atoms with Crippen molar-refractivity contribution in [3.8, 4) is 0 Å². The molecule has 4 nitrogen and oxygen atoms in total. The Balaban J connectivity index is 1.43. The van der Waals surface area contributed by atoms with Crippen LogP contribution in [-0.4, -0.2) is 29.8 Å². The van der Waals surface area contributed by atoms with Crippen LogP contribution in [0.5, 0.6) is 0 Å². The minimum atomic E-state index is -0.0247. The quantitative estimate of drug-likeness (QED) is 0.640. The van der Waals surface area contributed by atoms with E-state index in [-0.39, 0.29) is 11.8 Å². The molecule has 0 aromatic heterocycles. The molecule has 0 unspecified atom stereocenters. The smallest absolute Gasteiger partial charge is 0.254 e. The molecule has 0 radical (unpaired) electrons. The van der Waals surface area contributed by atoms with Crippen molar-refractivity contribution in [2.75, 3.05) is 7.05 Å². The molecule has 3 aromatic carbocycles. The highest BCUT2D eigenvalue weighted by Gasteiger charge is 2.23. The van der Waals surface area contributed by atoms with Crippen molar-refractivity contribution >= 4 is 11.8 Å². The summed E-state index contributed by atoms with van der Waals surface area (Å²) in [4.78, 5) is 27.0. The number of hydrogen-bond donors (Lipinski definition) is 1. The van der Waals surface area contributed by atoms with Gasteiger partial charge in [0.1, 0.15) is 0 Å². The van der Waals surface area contributed by atoms with Gasteiger partial charge in [-0.05, 0) is 54.2 Å². The van der Waals surface area contributed by atoms with Gasteiger partial charge in [-0.1, -0.05) is 60.7 Å². The molecule has 1 N–H and O–H groups in total. The largest absolute Gasteiger partial charge is 0.349 e. The van der Waals surface area contributed by atoms with Gasteiger partial charge >= 0.3 is 0 Å². The molecule has 4 heteroatoms. The lowest BCUT2D eigenvalue weighted by atomic mass is 9.99. The van der Waals surface area contributed by atoms with Crippen LogP contribution in [0.3, 0.4) is 0 Å². The molecule has 1 aliphatic rings. The van der Waals surface area contributed by atoms with E-state index in [2.05, 4.69) is 17.4 Å². The lowest BCUT2D eigenvalue weighted by molar-refractivity contribution is 0.0783.